The van der Waals surface area contributed by atoms with E-state index in [4.69, 9.17) is 5.11 Å². The second-order valence-electron chi connectivity index (χ2n) is 5.32. The van der Waals surface area contributed by atoms with Crippen LogP contribution in [0.3, 0.4) is 0 Å². The number of carboxylic acid groups (broad SMARTS) is 1. The van der Waals surface area contributed by atoms with Gasteiger partial charge in [0, 0.05) is 5.75 Å². The minimum Gasteiger partial charge on any atom is -0.480 e. The van der Waals surface area contributed by atoms with Crippen LogP contribution in [0.5, 0.6) is 0 Å². The van der Waals surface area contributed by atoms with Gasteiger partial charge in [0.15, 0.2) is 0 Å². The summed E-state index contributed by atoms with van der Waals surface area (Å²) in [4.78, 5) is 11.2. The van der Waals surface area contributed by atoms with E-state index in [9.17, 15) is 13.2 Å². The van der Waals surface area contributed by atoms with E-state index in [0.717, 1.165) is 0 Å². The SMILES string of the molecule is CC(C)CS(=O)(=O)N1C(C(=O)O)CSC1C(C)C. The Morgan fingerprint density at radius 2 is 1.94 bits per heavy atom. The maximum atomic E-state index is 12.3. The summed E-state index contributed by atoms with van der Waals surface area (Å²) < 4.78 is 25.9. The van der Waals surface area contributed by atoms with Crippen molar-refractivity contribution in [1.29, 1.82) is 0 Å². The van der Waals surface area contributed by atoms with E-state index in [1.54, 1.807) is 0 Å². The number of sulfonamides is 1. The molecule has 1 aliphatic heterocycles. The highest BCUT2D eigenvalue weighted by Gasteiger charge is 2.46. The molecular weight excluding hydrogens is 274 g/mol. The number of hydrogen-bond acceptors (Lipinski definition) is 4. The van der Waals surface area contributed by atoms with E-state index in [-0.39, 0.29) is 23.0 Å². The fourth-order valence-corrected chi connectivity index (χ4v) is 6.20. The number of carbonyl (C=O) groups is 1. The predicted octanol–water partition coefficient (Wildman–Crippen LogP) is 1.46. The first-order valence-electron chi connectivity index (χ1n) is 6.02. The highest BCUT2D eigenvalue weighted by Crippen LogP contribution is 2.36. The molecule has 2 atom stereocenters. The second-order valence-corrected chi connectivity index (χ2v) is 8.39. The van der Waals surface area contributed by atoms with Crippen molar-refractivity contribution >= 4 is 27.8 Å². The van der Waals surface area contributed by atoms with Crippen LogP contribution in [-0.2, 0) is 14.8 Å². The van der Waals surface area contributed by atoms with Crippen LogP contribution in [0.25, 0.3) is 0 Å². The van der Waals surface area contributed by atoms with E-state index in [1.807, 2.05) is 27.7 Å². The zero-order chi connectivity index (χ0) is 14.1. The van der Waals surface area contributed by atoms with Gasteiger partial charge in [0.05, 0.1) is 11.1 Å². The van der Waals surface area contributed by atoms with Gasteiger partial charge in [-0.3, -0.25) is 4.79 Å². The summed E-state index contributed by atoms with van der Waals surface area (Å²) in [6, 6.07) is -0.925. The van der Waals surface area contributed by atoms with Crippen LogP contribution in [0.4, 0.5) is 0 Å². The number of carboxylic acids is 1. The predicted molar refractivity (Wildman–Crippen MR) is 73.0 cm³/mol. The van der Waals surface area contributed by atoms with Gasteiger partial charge in [0.1, 0.15) is 6.04 Å². The molecule has 0 radical (unpaired) electrons. The van der Waals surface area contributed by atoms with Gasteiger partial charge in [-0.2, -0.15) is 4.31 Å². The average molecular weight is 295 g/mol. The molecule has 0 spiro atoms. The van der Waals surface area contributed by atoms with Gasteiger partial charge in [0.2, 0.25) is 10.0 Å². The summed E-state index contributed by atoms with van der Waals surface area (Å²) in [5.41, 5.74) is 0. The molecule has 0 bridgehead atoms. The van der Waals surface area contributed by atoms with Crippen LogP contribution >= 0.6 is 11.8 Å². The van der Waals surface area contributed by atoms with E-state index in [0.29, 0.717) is 5.75 Å². The normalized spacial score (nSPS) is 26.1. The van der Waals surface area contributed by atoms with Gasteiger partial charge in [-0.25, -0.2) is 8.42 Å². The molecule has 0 saturated carbocycles. The van der Waals surface area contributed by atoms with Gasteiger partial charge in [-0.1, -0.05) is 27.7 Å². The Morgan fingerprint density at radius 3 is 2.33 bits per heavy atom. The third-order valence-electron chi connectivity index (χ3n) is 2.70. The molecule has 1 N–H and O–H groups in total. The lowest BCUT2D eigenvalue weighted by Gasteiger charge is -2.29. The summed E-state index contributed by atoms with van der Waals surface area (Å²) in [6.07, 6.45) is 0. The maximum absolute atomic E-state index is 12.3. The van der Waals surface area contributed by atoms with Gasteiger partial charge >= 0.3 is 5.97 Å². The molecule has 0 aliphatic carbocycles. The molecule has 5 nitrogen and oxygen atoms in total. The van der Waals surface area contributed by atoms with E-state index in [2.05, 4.69) is 0 Å². The smallest absolute Gasteiger partial charge is 0.322 e. The molecule has 7 heteroatoms. The van der Waals surface area contributed by atoms with Crippen molar-refractivity contribution in [3.05, 3.63) is 0 Å². The zero-order valence-electron chi connectivity index (χ0n) is 11.2. The molecular formula is C11H21NO4S2. The van der Waals surface area contributed by atoms with Crippen LogP contribution in [0.1, 0.15) is 27.7 Å². The summed E-state index contributed by atoms with van der Waals surface area (Å²) in [5.74, 6) is -0.641. The largest absolute Gasteiger partial charge is 0.480 e. The van der Waals surface area contributed by atoms with Gasteiger partial charge in [0.25, 0.3) is 0 Å². The molecule has 1 aliphatic rings. The number of hydrogen-bond donors (Lipinski definition) is 1. The van der Waals surface area contributed by atoms with Crippen molar-refractivity contribution in [3.8, 4) is 0 Å². The van der Waals surface area contributed by atoms with E-state index in [1.165, 1.54) is 16.1 Å². The van der Waals surface area contributed by atoms with Gasteiger partial charge in [-0.15, -0.1) is 11.8 Å². The van der Waals surface area contributed by atoms with Crippen molar-refractivity contribution < 1.29 is 18.3 Å². The number of nitrogens with zero attached hydrogens (tertiary/aromatic N) is 1. The van der Waals surface area contributed by atoms with Crippen molar-refractivity contribution in [2.24, 2.45) is 11.8 Å². The molecule has 0 amide bonds. The van der Waals surface area contributed by atoms with E-state index < -0.39 is 22.0 Å². The lowest BCUT2D eigenvalue weighted by atomic mass is 10.2. The molecule has 1 rings (SSSR count). The lowest BCUT2D eigenvalue weighted by molar-refractivity contribution is -0.140. The molecule has 106 valence electrons. The van der Waals surface area contributed by atoms with Gasteiger partial charge < -0.3 is 5.11 Å². The number of aliphatic carboxylic acids is 1. The minimum absolute atomic E-state index is 0.000556. The molecule has 1 heterocycles. The van der Waals surface area contributed by atoms with Crippen molar-refractivity contribution in [1.82, 2.24) is 4.31 Å². The Labute approximate surface area is 113 Å². The van der Waals surface area contributed by atoms with Crippen LogP contribution in [0.2, 0.25) is 0 Å². The molecule has 1 fully saturated rings. The lowest BCUT2D eigenvalue weighted by Crippen LogP contribution is -2.48. The quantitative estimate of drug-likeness (QED) is 0.831. The fraction of sp³-hybridized carbons (Fsp3) is 0.909. The third-order valence-corrected chi connectivity index (χ3v) is 6.67. The fourth-order valence-electron chi connectivity index (χ4n) is 2.04. The number of rotatable bonds is 5. The monoisotopic (exact) mass is 295 g/mol. The van der Waals surface area contributed by atoms with Gasteiger partial charge in [-0.05, 0) is 11.8 Å². The first kappa shape index (κ1) is 15.8. The molecule has 1 saturated heterocycles. The summed E-state index contributed by atoms with van der Waals surface area (Å²) in [6.45, 7) is 7.47. The average Bonchev–Trinajstić information content (AvgIpc) is 2.59. The summed E-state index contributed by atoms with van der Waals surface area (Å²) >= 11 is 1.41. The van der Waals surface area contributed by atoms with Crippen molar-refractivity contribution in [2.45, 2.75) is 39.1 Å². The Bertz CT molecular complexity index is 405. The van der Waals surface area contributed by atoms with Crippen molar-refractivity contribution in [2.75, 3.05) is 11.5 Å². The zero-order valence-corrected chi connectivity index (χ0v) is 12.8. The third kappa shape index (κ3) is 3.39. The highest BCUT2D eigenvalue weighted by atomic mass is 32.2. The van der Waals surface area contributed by atoms with Crippen molar-refractivity contribution in [3.63, 3.8) is 0 Å². The molecule has 2 unspecified atom stereocenters. The first-order valence-corrected chi connectivity index (χ1v) is 8.68. The molecule has 0 aromatic heterocycles. The Morgan fingerprint density at radius 1 is 1.39 bits per heavy atom. The molecule has 0 aromatic rings. The second kappa shape index (κ2) is 5.79. The minimum atomic E-state index is -3.52. The van der Waals surface area contributed by atoms with Crippen LogP contribution in [0.15, 0.2) is 0 Å². The molecule has 18 heavy (non-hydrogen) atoms. The Hall–Kier alpha value is -0.270. The number of thioether (sulfide) groups is 1. The Balaban J connectivity index is 3.07. The summed E-state index contributed by atoms with van der Waals surface area (Å²) in [5, 5.41) is 8.89. The van der Waals surface area contributed by atoms with Crippen LogP contribution < -0.4 is 0 Å². The van der Waals surface area contributed by atoms with E-state index >= 15 is 0 Å². The van der Waals surface area contributed by atoms with Crippen LogP contribution in [0, 0.1) is 11.8 Å². The van der Waals surface area contributed by atoms with Crippen LogP contribution in [-0.4, -0.2) is 46.7 Å². The first-order chi connectivity index (χ1) is 8.16. The topological polar surface area (TPSA) is 74.7 Å². The Kier molecular flexibility index (Phi) is 5.08. The summed E-state index contributed by atoms with van der Waals surface area (Å²) in [7, 11) is -3.52. The standard InChI is InChI=1S/C11H21NO4S2/c1-7(2)6-18(15,16)12-9(11(13)14)5-17-10(12)8(3)4/h7-10H,5-6H2,1-4H3,(H,13,14). The maximum Gasteiger partial charge on any atom is 0.322 e. The highest BCUT2D eigenvalue weighted by molar-refractivity contribution is 8.01. The molecule has 0 aromatic carbocycles.